The van der Waals surface area contributed by atoms with E-state index in [1.165, 1.54) is 0 Å². The third-order valence-corrected chi connectivity index (χ3v) is 2.67. The van der Waals surface area contributed by atoms with Crippen molar-refractivity contribution in [3.05, 3.63) is 0 Å². The van der Waals surface area contributed by atoms with Crippen LogP contribution >= 0.6 is 0 Å². The van der Waals surface area contributed by atoms with Crippen molar-refractivity contribution in [3.63, 3.8) is 0 Å². The van der Waals surface area contributed by atoms with Crippen LogP contribution in [-0.2, 0) is 4.74 Å². The number of rotatable bonds is 3. The second-order valence-corrected chi connectivity index (χ2v) is 4.82. The monoisotopic (exact) mass is 228 g/mol. The van der Waals surface area contributed by atoms with Crippen LogP contribution in [0.15, 0.2) is 4.99 Å². The van der Waals surface area contributed by atoms with Gasteiger partial charge < -0.3 is 10.1 Å². The van der Waals surface area contributed by atoms with Gasteiger partial charge >= 0.3 is 0 Å². The van der Waals surface area contributed by atoms with Crippen LogP contribution in [0.25, 0.3) is 0 Å². The quantitative estimate of drug-likeness (QED) is 0.289. The number of ether oxygens (including phenoxy) is 1. The predicted molar refractivity (Wildman–Crippen MR) is 66.1 cm³/mol. The van der Waals surface area contributed by atoms with Gasteiger partial charge in [0, 0.05) is 19.2 Å². The molecule has 1 unspecified atom stereocenters. The fourth-order valence-corrected chi connectivity index (χ4v) is 1.90. The summed E-state index contributed by atoms with van der Waals surface area (Å²) in [5.74, 6) is 6.11. The van der Waals surface area contributed by atoms with Crippen molar-refractivity contribution in [3.8, 4) is 0 Å². The van der Waals surface area contributed by atoms with Crippen LogP contribution in [-0.4, -0.2) is 30.8 Å². The molecule has 0 spiro atoms. The number of hydrazine groups is 1. The minimum absolute atomic E-state index is 0.0552. The average molecular weight is 228 g/mol. The lowest BCUT2D eigenvalue weighted by Gasteiger charge is -2.36. The summed E-state index contributed by atoms with van der Waals surface area (Å²) in [4.78, 5) is 4.33. The van der Waals surface area contributed by atoms with Gasteiger partial charge in [0.1, 0.15) is 0 Å². The van der Waals surface area contributed by atoms with E-state index in [0.29, 0.717) is 12.0 Å². The lowest BCUT2D eigenvalue weighted by Crippen LogP contribution is -2.51. The number of nitrogens with two attached hydrogens (primary N) is 1. The molecule has 1 rings (SSSR count). The van der Waals surface area contributed by atoms with Gasteiger partial charge in [0.05, 0.1) is 5.60 Å². The van der Waals surface area contributed by atoms with Crippen molar-refractivity contribution in [2.45, 2.75) is 51.7 Å². The van der Waals surface area contributed by atoms with Gasteiger partial charge in [-0.25, -0.2) is 5.84 Å². The standard InChI is InChI=1S/C11H24N4O/c1-4-6-13-10(15-12)14-9-5-7-16-11(2,3)8-9/h9H,4-8,12H2,1-3H3,(H2,13,14,15). The van der Waals surface area contributed by atoms with E-state index >= 15 is 0 Å². The summed E-state index contributed by atoms with van der Waals surface area (Å²) in [6.07, 6.45) is 2.99. The number of nitrogens with one attached hydrogen (secondary N) is 2. The molecule has 1 fully saturated rings. The second kappa shape index (κ2) is 6.06. The highest BCUT2D eigenvalue weighted by Gasteiger charge is 2.29. The van der Waals surface area contributed by atoms with E-state index in [2.05, 4.69) is 36.5 Å². The molecule has 0 aromatic carbocycles. The maximum atomic E-state index is 5.66. The van der Waals surface area contributed by atoms with Crippen LogP contribution in [0.1, 0.15) is 40.0 Å². The SMILES string of the molecule is CCCN=C(NN)NC1CCOC(C)(C)C1. The van der Waals surface area contributed by atoms with Crippen molar-refractivity contribution in [2.75, 3.05) is 13.2 Å². The Morgan fingerprint density at radius 3 is 2.88 bits per heavy atom. The van der Waals surface area contributed by atoms with Gasteiger partial charge in [-0.15, -0.1) is 0 Å². The van der Waals surface area contributed by atoms with Crippen LogP contribution in [0.5, 0.6) is 0 Å². The van der Waals surface area contributed by atoms with E-state index in [-0.39, 0.29) is 5.60 Å². The molecule has 1 aliphatic rings. The highest BCUT2D eigenvalue weighted by Crippen LogP contribution is 2.23. The largest absolute Gasteiger partial charge is 0.375 e. The van der Waals surface area contributed by atoms with Gasteiger partial charge in [0.25, 0.3) is 0 Å². The smallest absolute Gasteiger partial charge is 0.205 e. The summed E-state index contributed by atoms with van der Waals surface area (Å²) in [6.45, 7) is 7.89. The molecule has 0 aliphatic carbocycles. The molecule has 4 N–H and O–H groups in total. The van der Waals surface area contributed by atoms with Crippen LogP contribution in [0.3, 0.4) is 0 Å². The highest BCUT2D eigenvalue weighted by molar-refractivity contribution is 5.79. The van der Waals surface area contributed by atoms with Gasteiger partial charge in [-0.05, 0) is 33.1 Å². The maximum absolute atomic E-state index is 5.66. The Balaban J connectivity index is 2.45. The maximum Gasteiger partial charge on any atom is 0.205 e. The molecule has 0 amide bonds. The summed E-state index contributed by atoms with van der Waals surface area (Å²) in [5.41, 5.74) is 2.55. The Labute approximate surface area is 97.8 Å². The topological polar surface area (TPSA) is 71.7 Å². The molecular formula is C11H24N4O. The Morgan fingerprint density at radius 2 is 2.31 bits per heavy atom. The molecule has 0 aromatic heterocycles. The van der Waals surface area contributed by atoms with Gasteiger partial charge in [0.15, 0.2) is 0 Å². The minimum atomic E-state index is -0.0552. The van der Waals surface area contributed by atoms with E-state index < -0.39 is 0 Å². The first-order valence-electron chi connectivity index (χ1n) is 5.99. The third-order valence-electron chi connectivity index (χ3n) is 2.67. The van der Waals surface area contributed by atoms with E-state index in [9.17, 15) is 0 Å². The Kier molecular flexibility index (Phi) is 5.02. The van der Waals surface area contributed by atoms with Gasteiger partial charge in [-0.2, -0.15) is 0 Å². The number of hydrogen-bond donors (Lipinski definition) is 3. The Bertz CT molecular complexity index is 240. The van der Waals surface area contributed by atoms with Crippen molar-refractivity contribution in [1.82, 2.24) is 10.7 Å². The van der Waals surface area contributed by atoms with Crippen molar-refractivity contribution >= 4 is 5.96 Å². The van der Waals surface area contributed by atoms with Gasteiger partial charge in [0.2, 0.25) is 5.96 Å². The molecule has 94 valence electrons. The molecule has 0 bridgehead atoms. The zero-order valence-electron chi connectivity index (χ0n) is 10.5. The summed E-state index contributed by atoms with van der Waals surface area (Å²) in [6, 6.07) is 0.385. The third kappa shape index (κ3) is 4.37. The van der Waals surface area contributed by atoms with Crippen LogP contribution < -0.4 is 16.6 Å². The molecule has 1 saturated heterocycles. The van der Waals surface area contributed by atoms with Crippen molar-refractivity contribution < 1.29 is 4.74 Å². The number of guanidine groups is 1. The first kappa shape index (κ1) is 13.3. The lowest BCUT2D eigenvalue weighted by atomic mass is 9.94. The van der Waals surface area contributed by atoms with Crippen molar-refractivity contribution in [1.29, 1.82) is 0 Å². The van der Waals surface area contributed by atoms with Crippen LogP contribution in [0.2, 0.25) is 0 Å². The van der Waals surface area contributed by atoms with E-state index in [1.807, 2.05) is 0 Å². The molecule has 0 radical (unpaired) electrons. The first-order valence-corrected chi connectivity index (χ1v) is 5.99. The van der Waals surface area contributed by atoms with E-state index in [4.69, 9.17) is 10.6 Å². The molecule has 5 nitrogen and oxygen atoms in total. The molecule has 0 aromatic rings. The first-order chi connectivity index (χ1) is 7.57. The fraction of sp³-hybridized carbons (Fsp3) is 0.909. The highest BCUT2D eigenvalue weighted by atomic mass is 16.5. The van der Waals surface area contributed by atoms with E-state index in [0.717, 1.165) is 32.4 Å². The Hall–Kier alpha value is -0.810. The van der Waals surface area contributed by atoms with Gasteiger partial charge in [-0.3, -0.25) is 10.4 Å². The number of hydrogen-bond acceptors (Lipinski definition) is 3. The zero-order chi connectivity index (χ0) is 12.0. The molecular weight excluding hydrogens is 204 g/mol. The summed E-state index contributed by atoms with van der Waals surface area (Å²) < 4.78 is 5.66. The lowest BCUT2D eigenvalue weighted by molar-refractivity contribution is -0.0605. The average Bonchev–Trinajstić information content (AvgIpc) is 2.22. The fourth-order valence-electron chi connectivity index (χ4n) is 1.90. The number of nitrogens with zero attached hydrogens (tertiary/aromatic N) is 1. The molecule has 5 heteroatoms. The van der Waals surface area contributed by atoms with Gasteiger partial charge in [-0.1, -0.05) is 6.92 Å². The minimum Gasteiger partial charge on any atom is -0.375 e. The van der Waals surface area contributed by atoms with E-state index in [1.54, 1.807) is 0 Å². The molecule has 1 heterocycles. The van der Waals surface area contributed by atoms with Crippen LogP contribution in [0.4, 0.5) is 0 Å². The normalized spacial score (nSPS) is 25.2. The number of aliphatic imine (C=N–C) groups is 1. The molecule has 0 saturated carbocycles. The Morgan fingerprint density at radius 1 is 1.56 bits per heavy atom. The second-order valence-electron chi connectivity index (χ2n) is 4.82. The molecule has 16 heavy (non-hydrogen) atoms. The van der Waals surface area contributed by atoms with Crippen molar-refractivity contribution in [2.24, 2.45) is 10.8 Å². The predicted octanol–water partition coefficient (Wildman–Crippen LogP) is 0.763. The molecule has 1 atom stereocenters. The van der Waals surface area contributed by atoms with Crippen LogP contribution in [0, 0.1) is 0 Å². The molecule has 1 aliphatic heterocycles. The summed E-state index contributed by atoms with van der Waals surface area (Å²) >= 11 is 0. The zero-order valence-corrected chi connectivity index (χ0v) is 10.5. The summed E-state index contributed by atoms with van der Waals surface area (Å²) in [5, 5.41) is 3.33. The summed E-state index contributed by atoms with van der Waals surface area (Å²) in [7, 11) is 0.